The van der Waals surface area contributed by atoms with E-state index in [0.717, 1.165) is 18.5 Å². The Balaban J connectivity index is 0.000000262. The van der Waals surface area contributed by atoms with Gasteiger partial charge < -0.3 is 0 Å². The van der Waals surface area contributed by atoms with Crippen LogP contribution in [0.15, 0.2) is 26.4 Å². The fourth-order valence-electron chi connectivity index (χ4n) is 1.80. The Kier molecular flexibility index (Phi) is 9.01. The molecule has 0 fully saturated rings. The first kappa shape index (κ1) is 17.9. The highest BCUT2D eigenvalue weighted by Gasteiger charge is 1.96. The van der Waals surface area contributed by atoms with E-state index < -0.39 is 0 Å². The Labute approximate surface area is 133 Å². The molecule has 0 unspecified atom stereocenters. The van der Waals surface area contributed by atoms with Crippen LogP contribution in [0.25, 0.3) is 0 Å². The molecule has 118 valence electrons. The molecule has 0 aliphatic carbocycles. The molecule has 2 aromatic rings. The van der Waals surface area contributed by atoms with Crippen molar-refractivity contribution in [3.63, 3.8) is 0 Å². The van der Waals surface area contributed by atoms with Gasteiger partial charge in [0.2, 0.25) is 0 Å². The number of rotatable bonds is 7. The number of hydrogen-bond acceptors (Lipinski definition) is 4. The molecule has 0 amide bonds. The van der Waals surface area contributed by atoms with Gasteiger partial charge in [-0.15, -0.1) is 0 Å². The molecule has 0 saturated carbocycles. The molecule has 0 bridgehead atoms. The van der Waals surface area contributed by atoms with Crippen molar-refractivity contribution in [3.05, 3.63) is 43.1 Å². The van der Waals surface area contributed by atoms with Crippen LogP contribution in [-0.4, -0.2) is 8.33 Å². The lowest BCUT2D eigenvalue weighted by Gasteiger charge is -2.00. The monoisotopic (exact) mass is 328 g/mol. The number of unbranched alkanes of at least 4 members (excludes halogenated alkanes) is 5. The maximum Gasteiger partial charge on any atom is 0.260 e. The van der Waals surface area contributed by atoms with Crippen LogP contribution < -0.4 is 11.1 Å². The van der Waals surface area contributed by atoms with Crippen molar-refractivity contribution in [3.8, 4) is 0 Å². The van der Waals surface area contributed by atoms with Crippen LogP contribution in [0.3, 0.4) is 0 Å². The third-order valence-electron chi connectivity index (χ3n) is 3.10. The Bertz CT molecular complexity index is 595. The van der Waals surface area contributed by atoms with Gasteiger partial charge in [-0.05, 0) is 13.3 Å². The predicted octanol–water partition coefficient (Wildman–Crippen LogP) is 4.02. The third kappa shape index (κ3) is 7.43. The normalized spacial score (nSPS) is 10.2. The molecule has 2 rings (SSSR count). The zero-order valence-corrected chi connectivity index (χ0v) is 14.4. The van der Waals surface area contributed by atoms with E-state index in [0.29, 0.717) is 0 Å². The predicted molar refractivity (Wildman–Crippen MR) is 91.6 cm³/mol. The van der Waals surface area contributed by atoms with Gasteiger partial charge in [0.25, 0.3) is 11.1 Å². The van der Waals surface area contributed by atoms with Crippen molar-refractivity contribution in [1.29, 1.82) is 0 Å². The first-order valence-electron chi connectivity index (χ1n) is 7.42. The zero-order chi connectivity index (χ0) is 15.5. The lowest BCUT2D eigenvalue weighted by atomic mass is 10.1. The molecule has 2 aromatic heterocycles. The average molecular weight is 329 g/mol. The van der Waals surface area contributed by atoms with Crippen LogP contribution in [-0.2, 0) is 6.54 Å². The summed E-state index contributed by atoms with van der Waals surface area (Å²) in [6, 6.07) is 1.64. The Hall–Kier alpha value is -1.14. The van der Waals surface area contributed by atoms with Gasteiger partial charge in [-0.1, -0.05) is 62.1 Å². The summed E-state index contributed by atoms with van der Waals surface area (Å²) in [6.45, 7) is 4.92. The maximum atomic E-state index is 11.2. The van der Waals surface area contributed by atoms with Crippen molar-refractivity contribution < 1.29 is 0 Å². The molecule has 0 radical (unpaired) electrons. The van der Waals surface area contributed by atoms with Gasteiger partial charge in [0.05, 0.1) is 0 Å². The van der Waals surface area contributed by atoms with Crippen LogP contribution in [0.1, 0.15) is 51.0 Å². The summed E-state index contributed by atoms with van der Waals surface area (Å²) >= 11 is 2.85. The van der Waals surface area contributed by atoms with E-state index in [2.05, 4.69) is 11.3 Å². The molecule has 0 aromatic carbocycles. The van der Waals surface area contributed by atoms with Gasteiger partial charge in [0.1, 0.15) is 0 Å². The molecule has 0 atom stereocenters. The quantitative estimate of drug-likeness (QED) is 0.781. The summed E-state index contributed by atoms with van der Waals surface area (Å²) in [5.74, 6) is 0. The highest BCUT2D eigenvalue weighted by Crippen LogP contribution is 2.06. The SMILES string of the molecule is CCCCCCCCn1sccc1=O.Cc1cs[nH]c1=O. The highest BCUT2D eigenvalue weighted by molar-refractivity contribution is 7.04. The minimum Gasteiger partial charge on any atom is -0.278 e. The summed E-state index contributed by atoms with van der Waals surface area (Å²) < 4.78 is 4.39. The van der Waals surface area contributed by atoms with E-state index in [1.165, 1.54) is 55.2 Å². The largest absolute Gasteiger partial charge is 0.278 e. The Morgan fingerprint density at radius 1 is 1.14 bits per heavy atom. The lowest BCUT2D eigenvalue weighted by Crippen LogP contribution is -2.11. The van der Waals surface area contributed by atoms with Gasteiger partial charge in [-0.3, -0.25) is 17.9 Å². The fourth-order valence-corrected chi connectivity index (χ4v) is 3.14. The van der Waals surface area contributed by atoms with E-state index >= 15 is 0 Å². The number of aromatic nitrogens is 2. The summed E-state index contributed by atoms with van der Waals surface area (Å²) in [7, 11) is 0. The van der Waals surface area contributed by atoms with Crippen molar-refractivity contribution in [2.75, 3.05) is 0 Å². The Morgan fingerprint density at radius 2 is 1.86 bits per heavy atom. The highest BCUT2D eigenvalue weighted by atomic mass is 32.1. The summed E-state index contributed by atoms with van der Waals surface area (Å²) in [6.07, 6.45) is 7.70. The molecular formula is C15H24N2O2S2. The minimum atomic E-state index is 0.0324. The summed E-state index contributed by atoms with van der Waals surface area (Å²) in [5, 5.41) is 3.65. The van der Waals surface area contributed by atoms with Gasteiger partial charge in [0, 0.05) is 28.9 Å². The van der Waals surface area contributed by atoms with E-state index in [4.69, 9.17) is 0 Å². The molecular weight excluding hydrogens is 304 g/mol. The number of aromatic amines is 1. The molecule has 0 aliphatic heterocycles. The van der Waals surface area contributed by atoms with Gasteiger partial charge in [-0.25, -0.2) is 0 Å². The molecule has 21 heavy (non-hydrogen) atoms. The Morgan fingerprint density at radius 3 is 2.33 bits per heavy atom. The van der Waals surface area contributed by atoms with E-state index in [9.17, 15) is 9.59 Å². The smallest absolute Gasteiger partial charge is 0.260 e. The maximum absolute atomic E-state index is 11.2. The number of nitrogens with one attached hydrogen (secondary N) is 1. The van der Waals surface area contributed by atoms with Gasteiger partial charge in [-0.2, -0.15) is 0 Å². The van der Waals surface area contributed by atoms with E-state index in [1.807, 2.05) is 9.34 Å². The topological polar surface area (TPSA) is 54.9 Å². The number of nitrogens with zero attached hydrogens (tertiary/aromatic N) is 1. The van der Waals surface area contributed by atoms with Crippen molar-refractivity contribution in [2.24, 2.45) is 0 Å². The van der Waals surface area contributed by atoms with Crippen LogP contribution in [0.2, 0.25) is 0 Å². The second-order valence-electron chi connectivity index (χ2n) is 4.97. The van der Waals surface area contributed by atoms with E-state index in [1.54, 1.807) is 18.4 Å². The third-order valence-corrected chi connectivity index (χ3v) is 4.75. The van der Waals surface area contributed by atoms with Crippen molar-refractivity contribution >= 4 is 23.1 Å². The first-order chi connectivity index (χ1) is 10.1. The standard InChI is InChI=1S/C11H19NOS.C4H5NOS/c1-2-3-4-5-6-7-9-12-11(13)8-10-14-12;1-3-2-7-5-4(3)6/h8,10H,2-7,9H2,1H3;2H,1H3,(H,5,6). The van der Waals surface area contributed by atoms with E-state index in [-0.39, 0.29) is 11.1 Å². The molecule has 6 heteroatoms. The van der Waals surface area contributed by atoms with Gasteiger partial charge >= 0.3 is 0 Å². The first-order valence-corrected chi connectivity index (χ1v) is 9.14. The number of aryl methyl sites for hydroxylation is 2. The molecule has 2 heterocycles. The molecule has 0 aliphatic rings. The second kappa shape index (κ2) is 10.6. The number of hydrogen-bond donors (Lipinski definition) is 1. The van der Waals surface area contributed by atoms with Crippen LogP contribution in [0, 0.1) is 6.92 Å². The van der Waals surface area contributed by atoms with Crippen LogP contribution in [0.5, 0.6) is 0 Å². The van der Waals surface area contributed by atoms with Crippen LogP contribution in [0.4, 0.5) is 0 Å². The fraction of sp³-hybridized carbons (Fsp3) is 0.600. The lowest BCUT2D eigenvalue weighted by molar-refractivity contribution is 0.569. The van der Waals surface area contributed by atoms with Crippen molar-refractivity contribution in [1.82, 2.24) is 8.33 Å². The molecule has 4 nitrogen and oxygen atoms in total. The molecule has 0 saturated heterocycles. The van der Waals surface area contributed by atoms with Crippen molar-refractivity contribution in [2.45, 2.75) is 58.9 Å². The molecule has 0 spiro atoms. The van der Waals surface area contributed by atoms with Crippen LogP contribution >= 0.6 is 23.1 Å². The number of H-pyrrole nitrogens is 1. The minimum absolute atomic E-state index is 0.0324. The summed E-state index contributed by atoms with van der Waals surface area (Å²) in [5.41, 5.74) is 0.985. The average Bonchev–Trinajstić information content (AvgIpc) is 3.04. The second-order valence-corrected chi connectivity index (χ2v) is 6.57. The molecule has 1 N–H and O–H groups in total. The zero-order valence-electron chi connectivity index (χ0n) is 12.8. The summed E-state index contributed by atoms with van der Waals surface area (Å²) in [4.78, 5) is 21.5. The van der Waals surface area contributed by atoms with Gasteiger partial charge in [0.15, 0.2) is 0 Å².